The van der Waals surface area contributed by atoms with Crippen molar-refractivity contribution >= 4 is 21.8 Å². The topological polar surface area (TPSA) is 47.4 Å². The molecule has 1 aromatic heterocycles. The Morgan fingerprint density at radius 2 is 1.90 bits per heavy atom. The molecule has 0 fully saturated rings. The predicted octanol–water partition coefficient (Wildman–Crippen LogP) is 5.08. The third kappa shape index (κ3) is 5.48. The molecule has 0 saturated carbocycles. The second kappa shape index (κ2) is 9.74. The van der Waals surface area contributed by atoms with Gasteiger partial charge in [0.1, 0.15) is 12.4 Å². The molecule has 0 radical (unpaired) electrons. The number of halogens is 1. The van der Waals surface area contributed by atoms with Gasteiger partial charge in [-0.25, -0.2) is 0 Å². The van der Waals surface area contributed by atoms with Gasteiger partial charge in [0.05, 0.1) is 16.7 Å². The molecule has 2 aromatic carbocycles. The average molecular weight is 456 g/mol. The SMILES string of the molecule is CCc1ccc(OCc2cccc(C(=O)N(C)Cc3nn(CC)cc3Br)c2)cc1. The van der Waals surface area contributed by atoms with Crippen LogP contribution in [-0.4, -0.2) is 27.6 Å². The molecule has 1 amide bonds. The van der Waals surface area contributed by atoms with Crippen LogP contribution in [0.2, 0.25) is 0 Å². The van der Waals surface area contributed by atoms with E-state index in [1.54, 1.807) is 11.9 Å². The Morgan fingerprint density at radius 1 is 1.14 bits per heavy atom. The molecule has 5 nitrogen and oxygen atoms in total. The standard InChI is InChI=1S/C23H26BrN3O2/c1-4-17-9-11-20(12-10-17)29-16-18-7-6-8-19(13-18)23(28)26(3)15-22-21(24)14-27(5-2)25-22/h6-14H,4-5,15-16H2,1-3H3. The van der Waals surface area contributed by atoms with Crippen LogP contribution in [-0.2, 0) is 26.1 Å². The molecule has 0 saturated heterocycles. The van der Waals surface area contributed by atoms with Crippen molar-refractivity contribution in [2.24, 2.45) is 0 Å². The number of hydrogen-bond acceptors (Lipinski definition) is 3. The van der Waals surface area contributed by atoms with Gasteiger partial charge in [-0.2, -0.15) is 5.10 Å². The molecule has 0 bridgehead atoms. The highest BCUT2D eigenvalue weighted by molar-refractivity contribution is 9.10. The second-order valence-corrected chi connectivity index (χ2v) is 7.78. The molecule has 29 heavy (non-hydrogen) atoms. The van der Waals surface area contributed by atoms with E-state index in [-0.39, 0.29) is 5.91 Å². The summed E-state index contributed by atoms with van der Waals surface area (Å²) < 4.78 is 8.63. The van der Waals surface area contributed by atoms with Gasteiger partial charge in [0.15, 0.2) is 0 Å². The molecule has 0 spiro atoms. The zero-order valence-corrected chi connectivity index (χ0v) is 18.6. The summed E-state index contributed by atoms with van der Waals surface area (Å²) in [6.07, 6.45) is 2.94. The van der Waals surface area contributed by atoms with E-state index in [1.165, 1.54) is 5.56 Å². The smallest absolute Gasteiger partial charge is 0.253 e. The lowest BCUT2D eigenvalue weighted by Crippen LogP contribution is -2.26. The minimum absolute atomic E-state index is 0.0444. The number of rotatable bonds is 8. The summed E-state index contributed by atoms with van der Waals surface area (Å²) in [5.74, 6) is 0.782. The fourth-order valence-electron chi connectivity index (χ4n) is 3.01. The van der Waals surface area contributed by atoms with E-state index in [0.717, 1.165) is 34.4 Å². The van der Waals surface area contributed by atoms with Crippen LogP contribution in [0.4, 0.5) is 0 Å². The van der Waals surface area contributed by atoms with Crippen molar-refractivity contribution in [1.82, 2.24) is 14.7 Å². The van der Waals surface area contributed by atoms with Crippen LogP contribution in [0.15, 0.2) is 59.2 Å². The number of ether oxygens (including phenoxy) is 1. The van der Waals surface area contributed by atoms with Gasteiger partial charge < -0.3 is 9.64 Å². The van der Waals surface area contributed by atoms with Gasteiger partial charge in [-0.3, -0.25) is 9.48 Å². The van der Waals surface area contributed by atoms with Gasteiger partial charge in [0, 0.05) is 25.4 Å². The Bertz CT molecular complexity index is 967. The van der Waals surface area contributed by atoms with Gasteiger partial charge in [0.25, 0.3) is 5.91 Å². The van der Waals surface area contributed by atoms with Crippen molar-refractivity contribution in [1.29, 1.82) is 0 Å². The number of amides is 1. The average Bonchev–Trinajstić information content (AvgIpc) is 3.11. The quantitative estimate of drug-likeness (QED) is 0.475. The normalized spacial score (nSPS) is 10.8. The first-order valence-corrected chi connectivity index (χ1v) is 10.6. The predicted molar refractivity (Wildman–Crippen MR) is 118 cm³/mol. The van der Waals surface area contributed by atoms with E-state index in [2.05, 4.69) is 40.1 Å². The molecule has 0 aliphatic rings. The molecule has 0 N–H and O–H groups in total. The molecule has 3 rings (SSSR count). The highest BCUT2D eigenvalue weighted by atomic mass is 79.9. The molecular formula is C23H26BrN3O2. The minimum atomic E-state index is -0.0444. The third-order valence-electron chi connectivity index (χ3n) is 4.76. The van der Waals surface area contributed by atoms with Crippen LogP contribution in [0.1, 0.15) is 41.0 Å². The van der Waals surface area contributed by atoms with Crippen molar-refractivity contribution in [2.75, 3.05) is 7.05 Å². The Morgan fingerprint density at radius 3 is 2.55 bits per heavy atom. The maximum absolute atomic E-state index is 12.9. The lowest BCUT2D eigenvalue weighted by Gasteiger charge is -2.17. The first-order valence-electron chi connectivity index (χ1n) is 9.78. The van der Waals surface area contributed by atoms with E-state index in [0.29, 0.717) is 18.7 Å². The molecular weight excluding hydrogens is 430 g/mol. The molecule has 0 aliphatic carbocycles. The fourth-order valence-corrected chi connectivity index (χ4v) is 3.45. The summed E-state index contributed by atoms with van der Waals surface area (Å²) in [4.78, 5) is 14.5. The summed E-state index contributed by atoms with van der Waals surface area (Å²) in [6.45, 7) is 5.81. The number of carbonyl (C=O) groups excluding carboxylic acids is 1. The largest absolute Gasteiger partial charge is 0.489 e. The van der Waals surface area contributed by atoms with E-state index >= 15 is 0 Å². The second-order valence-electron chi connectivity index (χ2n) is 6.93. The van der Waals surface area contributed by atoms with Crippen molar-refractivity contribution in [3.8, 4) is 5.75 Å². The summed E-state index contributed by atoms with van der Waals surface area (Å²) in [5.41, 5.74) is 3.72. The van der Waals surface area contributed by atoms with E-state index in [4.69, 9.17) is 4.74 Å². The number of aryl methyl sites for hydroxylation is 2. The summed E-state index contributed by atoms with van der Waals surface area (Å²) in [7, 11) is 1.79. The molecule has 0 atom stereocenters. The number of carbonyl (C=O) groups is 1. The third-order valence-corrected chi connectivity index (χ3v) is 5.42. The molecule has 152 valence electrons. The molecule has 0 unspecified atom stereocenters. The van der Waals surface area contributed by atoms with E-state index < -0.39 is 0 Å². The zero-order valence-electron chi connectivity index (χ0n) is 17.1. The van der Waals surface area contributed by atoms with Crippen LogP contribution in [0.3, 0.4) is 0 Å². The molecule has 6 heteroatoms. The summed E-state index contributed by atoms with van der Waals surface area (Å²) in [5, 5.41) is 4.49. The maximum atomic E-state index is 12.9. The Balaban J connectivity index is 1.64. The van der Waals surface area contributed by atoms with Gasteiger partial charge in [-0.05, 0) is 64.7 Å². The van der Waals surface area contributed by atoms with Gasteiger partial charge >= 0.3 is 0 Å². The van der Waals surface area contributed by atoms with Crippen LogP contribution in [0.5, 0.6) is 5.75 Å². The lowest BCUT2D eigenvalue weighted by molar-refractivity contribution is 0.0782. The van der Waals surface area contributed by atoms with Gasteiger partial charge in [-0.15, -0.1) is 0 Å². The first kappa shape index (κ1) is 21.1. The minimum Gasteiger partial charge on any atom is -0.489 e. The van der Waals surface area contributed by atoms with Crippen molar-refractivity contribution in [2.45, 2.75) is 40.0 Å². The van der Waals surface area contributed by atoms with E-state index in [9.17, 15) is 4.79 Å². The van der Waals surface area contributed by atoms with Crippen LogP contribution in [0.25, 0.3) is 0 Å². The monoisotopic (exact) mass is 455 g/mol. The zero-order chi connectivity index (χ0) is 20.8. The number of hydrogen-bond donors (Lipinski definition) is 0. The lowest BCUT2D eigenvalue weighted by atomic mass is 10.1. The fraction of sp³-hybridized carbons (Fsp3) is 0.304. The summed E-state index contributed by atoms with van der Waals surface area (Å²) >= 11 is 3.52. The van der Waals surface area contributed by atoms with Gasteiger partial charge in [-0.1, -0.05) is 31.2 Å². The van der Waals surface area contributed by atoms with Crippen molar-refractivity contribution in [3.63, 3.8) is 0 Å². The number of aromatic nitrogens is 2. The number of benzene rings is 2. The maximum Gasteiger partial charge on any atom is 0.253 e. The Kier molecular flexibility index (Phi) is 7.09. The first-order chi connectivity index (χ1) is 14.0. The highest BCUT2D eigenvalue weighted by Crippen LogP contribution is 2.19. The molecule has 1 heterocycles. The van der Waals surface area contributed by atoms with E-state index in [1.807, 2.05) is 54.2 Å². The van der Waals surface area contributed by atoms with Crippen molar-refractivity contribution in [3.05, 3.63) is 81.6 Å². The Hall–Kier alpha value is -2.60. The highest BCUT2D eigenvalue weighted by Gasteiger charge is 2.16. The van der Waals surface area contributed by atoms with Gasteiger partial charge in [0.2, 0.25) is 0 Å². The molecule has 0 aliphatic heterocycles. The van der Waals surface area contributed by atoms with Crippen molar-refractivity contribution < 1.29 is 9.53 Å². The Labute approximate surface area is 180 Å². The van der Waals surface area contributed by atoms with Crippen LogP contribution >= 0.6 is 15.9 Å². The number of nitrogens with zero attached hydrogens (tertiary/aromatic N) is 3. The summed E-state index contributed by atoms with van der Waals surface area (Å²) in [6, 6.07) is 15.7. The molecule has 3 aromatic rings. The van der Waals surface area contributed by atoms with Crippen LogP contribution in [0, 0.1) is 0 Å². The van der Waals surface area contributed by atoms with Crippen LogP contribution < -0.4 is 4.74 Å².